The minimum Gasteiger partial charge on any atom is -0.342 e. The smallest absolute Gasteiger partial charge is 0.264 e. The van der Waals surface area contributed by atoms with E-state index in [2.05, 4.69) is 0 Å². The van der Waals surface area contributed by atoms with Crippen molar-refractivity contribution < 1.29 is 18.0 Å². The fraction of sp³-hybridized carbons (Fsp3) is 0.300. The van der Waals surface area contributed by atoms with Crippen LogP contribution in [0, 0.1) is 6.92 Å². The van der Waals surface area contributed by atoms with Gasteiger partial charge in [-0.1, -0.05) is 35.9 Å². The van der Waals surface area contributed by atoms with E-state index in [9.17, 15) is 18.0 Å². The van der Waals surface area contributed by atoms with E-state index in [0.29, 0.717) is 31.9 Å². The summed E-state index contributed by atoms with van der Waals surface area (Å²) in [5, 5.41) is 0. The average Bonchev–Trinajstić information content (AvgIpc) is 2.73. The van der Waals surface area contributed by atoms with Gasteiger partial charge in [0.15, 0.2) is 0 Å². The summed E-state index contributed by atoms with van der Waals surface area (Å²) in [6.07, 6.45) is 0.764. The molecule has 0 saturated carbocycles. The molecule has 0 radical (unpaired) electrons. The van der Waals surface area contributed by atoms with E-state index in [0.717, 1.165) is 16.3 Å². The number of piperazine rings is 1. The second-order valence-electron chi connectivity index (χ2n) is 6.68. The third kappa shape index (κ3) is 4.33. The lowest BCUT2D eigenvalue weighted by Gasteiger charge is -2.34. The molecule has 28 heavy (non-hydrogen) atoms. The number of amides is 2. The van der Waals surface area contributed by atoms with Gasteiger partial charge in [-0.15, -0.1) is 0 Å². The van der Waals surface area contributed by atoms with Crippen LogP contribution in [0.25, 0.3) is 0 Å². The van der Waals surface area contributed by atoms with Crippen LogP contribution in [0.4, 0.5) is 5.69 Å². The molecule has 0 atom stereocenters. The standard InChI is InChI=1S/C20H23N3O4S/c1-17-7-9-18(10-8-17)23(28(26,27)19-5-3-2-4-6-19)15-20(25)22-13-11-21(16-24)12-14-22/h2-10,16H,11-15H2,1H3. The molecule has 0 aliphatic carbocycles. The van der Waals surface area contributed by atoms with Gasteiger partial charge in [-0.25, -0.2) is 8.42 Å². The van der Waals surface area contributed by atoms with Crippen LogP contribution in [0.15, 0.2) is 59.5 Å². The number of sulfonamides is 1. The van der Waals surface area contributed by atoms with Crippen molar-refractivity contribution in [3.8, 4) is 0 Å². The molecule has 2 aromatic rings. The minimum absolute atomic E-state index is 0.133. The normalized spacial score (nSPS) is 14.6. The molecule has 0 spiro atoms. The summed E-state index contributed by atoms with van der Waals surface area (Å²) >= 11 is 0. The number of carbonyl (C=O) groups excluding carboxylic acids is 2. The van der Waals surface area contributed by atoms with Crippen LogP contribution in [0.3, 0.4) is 0 Å². The molecule has 7 nitrogen and oxygen atoms in total. The summed E-state index contributed by atoms with van der Waals surface area (Å²) in [6, 6.07) is 15.1. The predicted molar refractivity (Wildman–Crippen MR) is 106 cm³/mol. The average molecular weight is 401 g/mol. The molecule has 8 heteroatoms. The number of rotatable bonds is 6. The first-order valence-corrected chi connectivity index (χ1v) is 10.5. The number of anilines is 1. The van der Waals surface area contributed by atoms with Crippen LogP contribution in [-0.2, 0) is 19.6 Å². The number of carbonyl (C=O) groups is 2. The highest BCUT2D eigenvalue weighted by Crippen LogP contribution is 2.24. The summed E-state index contributed by atoms with van der Waals surface area (Å²) < 4.78 is 27.6. The molecular weight excluding hydrogens is 378 g/mol. The Balaban J connectivity index is 1.88. The molecule has 0 bridgehead atoms. The van der Waals surface area contributed by atoms with Crippen LogP contribution in [0.1, 0.15) is 5.56 Å². The summed E-state index contributed by atoms with van der Waals surface area (Å²) in [5.41, 5.74) is 1.44. The molecule has 1 heterocycles. The molecule has 1 saturated heterocycles. The highest BCUT2D eigenvalue weighted by molar-refractivity contribution is 7.92. The minimum atomic E-state index is -3.90. The van der Waals surface area contributed by atoms with Gasteiger partial charge in [-0.2, -0.15) is 0 Å². The van der Waals surface area contributed by atoms with Crippen molar-refractivity contribution in [3.63, 3.8) is 0 Å². The van der Waals surface area contributed by atoms with Gasteiger partial charge in [-0.05, 0) is 31.2 Å². The molecule has 1 aliphatic heterocycles. The van der Waals surface area contributed by atoms with Crippen molar-refractivity contribution >= 4 is 28.0 Å². The lowest BCUT2D eigenvalue weighted by molar-refractivity contribution is -0.133. The van der Waals surface area contributed by atoms with Gasteiger partial charge >= 0.3 is 0 Å². The maximum Gasteiger partial charge on any atom is 0.264 e. The first kappa shape index (κ1) is 19.9. The highest BCUT2D eigenvalue weighted by atomic mass is 32.2. The quantitative estimate of drug-likeness (QED) is 0.687. The SMILES string of the molecule is Cc1ccc(N(CC(=O)N2CCN(C=O)CC2)S(=O)(=O)c2ccccc2)cc1. The summed E-state index contributed by atoms with van der Waals surface area (Å²) in [5.74, 6) is -0.286. The molecule has 3 rings (SSSR count). The fourth-order valence-corrected chi connectivity index (χ4v) is 4.48. The van der Waals surface area contributed by atoms with Gasteiger partial charge < -0.3 is 9.80 Å². The van der Waals surface area contributed by atoms with E-state index in [-0.39, 0.29) is 17.3 Å². The summed E-state index contributed by atoms with van der Waals surface area (Å²) in [4.78, 5) is 27.0. The maximum absolute atomic E-state index is 13.2. The second-order valence-corrected chi connectivity index (χ2v) is 8.54. The maximum atomic E-state index is 13.2. The molecule has 1 aliphatic rings. The Morgan fingerprint density at radius 3 is 2.18 bits per heavy atom. The van der Waals surface area contributed by atoms with Crippen molar-refractivity contribution in [2.75, 3.05) is 37.0 Å². The van der Waals surface area contributed by atoms with Gasteiger partial charge in [0.2, 0.25) is 12.3 Å². The van der Waals surface area contributed by atoms with Crippen LogP contribution in [-0.4, -0.2) is 63.3 Å². The Bertz CT molecular complexity index is 922. The van der Waals surface area contributed by atoms with Gasteiger partial charge in [0.1, 0.15) is 6.54 Å². The third-order valence-electron chi connectivity index (χ3n) is 4.75. The van der Waals surface area contributed by atoms with Crippen molar-refractivity contribution in [1.82, 2.24) is 9.80 Å². The van der Waals surface area contributed by atoms with E-state index in [1.54, 1.807) is 40.1 Å². The first-order chi connectivity index (χ1) is 13.4. The Kier molecular flexibility index (Phi) is 5.99. The van der Waals surface area contributed by atoms with Crippen molar-refractivity contribution in [2.45, 2.75) is 11.8 Å². The molecule has 148 valence electrons. The zero-order chi connectivity index (χ0) is 20.1. The number of hydrogen-bond acceptors (Lipinski definition) is 4. The number of hydrogen-bond donors (Lipinski definition) is 0. The van der Waals surface area contributed by atoms with Crippen LogP contribution < -0.4 is 4.31 Å². The van der Waals surface area contributed by atoms with E-state index in [1.165, 1.54) is 12.1 Å². The number of benzene rings is 2. The summed E-state index contributed by atoms with van der Waals surface area (Å²) in [7, 11) is -3.90. The van der Waals surface area contributed by atoms with Gasteiger partial charge in [-0.3, -0.25) is 13.9 Å². The largest absolute Gasteiger partial charge is 0.342 e. The van der Waals surface area contributed by atoms with Crippen LogP contribution in [0.2, 0.25) is 0 Å². The van der Waals surface area contributed by atoms with Crippen molar-refractivity contribution in [1.29, 1.82) is 0 Å². The molecule has 2 aromatic carbocycles. The predicted octanol–water partition coefficient (Wildman–Crippen LogP) is 1.49. The first-order valence-electron chi connectivity index (χ1n) is 9.03. The Hall–Kier alpha value is -2.87. The third-order valence-corrected chi connectivity index (χ3v) is 6.54. The molecule has 1 fully saturated rings. The van der Waals surface area contributed by atoms with Gasteiger partial charge in [0, 0.05) is 26.2 Å². The Morgan fingerprint density at radius 2 is 1.61 bits per heavy atom. The van der Waals surface area contributed by atoms with Crippen molar-refractivity contribution in [3.05, 3.63) is 60.2 Å². The Morgan fingerprint density at radius 1 is 1.00 bits per heavy atom. The molecule has 0 aromatic heterocycles. The lowest BCUT2D eigenvalue weighted by Crippen LogP contribution is -2.51. The van der Waals surface area contributed by atoms with E-state index in [4.69, 9.17) is 0 Å². The van der Waals surface area contributed by atoms with Crippen molar-refractivity contribution in [2.24, 2.45) is 0 Å². The topological polar surface area (TPSA) is 78.0 Å². The van der Waals surface area contributed by atoms with Gasteiger partial charge in [0.05, 0.1) is 10.6 Å². The van der Waals surface area contributed by atoms with Crippen LogP contribution >= 0.6 is 0 Å². The molecule has 0 unspecified atom stereocenters. The second kappa shape index (κ2) is 8.43. The lowest BCUT2D eigenvalue weighted by atomic mass is 10.2. The zero-order valence-corrected chi connectivity index (χ0v) is 16.5. The molecule has 0 N–H and O–H groups in total. The highest BCUT2D eigenvalue weighted by Gasteiger charge is 2.29. The van der Waals surface area contributed by atoms with E-state index >= 15 is 0 Å². The molecule has 2 amide bonds. The number of aryl methyl sites for hydroxylation is 1. The molecular formula is C20H23N3O4S. The summed E-state index contributed by atoms with van der Waals surface area (Å²) in [6.45, 7) is 3.31. The fourth-order valence-electron chi connectivity index (χ4n) is 3.05. The van der Waals surface area contributed by atoms with Crippen LogP contribution in [0.5, 0.6) is 0 Å². The van der Waals surface area contributed by atoms with E-state index in [1.807, 2.05) is 19.1 Å². The monoisotopic (exact) mass is 401 g/mol. The number of nitrogens with zero attached hydrogens (tertiary/aromatic N) is 3. The van der Waals surface area contributed by atoms with Gasteiger partial charge in [0.25, 0.3) is 10.0 Å². The zero-order valence-electron chi connectivity index (χ0n) is 15.7. The Labute approximate surface area is 165 Å². The van der Waals surface area contributed by atoms with E-state index < -0.39 is 10.0 Å².